The van der Waals surface area contributed by atoms with Gasteiger partial charge in [0.15, 0.2) is 5.69 Å². The molecule has 152 valence electrons. The lowest BCUT2D eigenvalue weighted by atomic mass is 9.86. The van der Waals surface area contributed by atoms with Crippen molar-refractivity contribution in [2.45, 2.75) is 65.5 Å². The molecule has 1 atom stereocenters. The topological polar surface area (TPSA) is 90.0 Å². The smallest absolute Gasteiger partial charge is 0.273 e. The van der Waals surface area contributed by atoms with Crippen molar-refractivity contribution in [3.05, 3.63) is 29.7 Å². The molecule has 1 aliphatic rings. The molecule has 3 N–H and O–H groups in total. The Hall–Kier alpha value is -2.44. The monoisotopic (exact) mass is 388 g/mol. The molecule has 2 amide bonds. The van der Waals surface area contributed by atoms with Crippen LogP contribution in [0.1, 0.15) is 63.4 Å². The quantitative estimate of drug-likeness (QED) is 0.823. The normalized spacial score (nSPS) is 16.9. The molecule has 0 bridgehead atoms. The van der Waals surface area contributed by atoms with Gasteiger partial charge >= 0.3 is 0 Å². The van der Waals surface area contributed by atoms with Crippen LogP contribution < -0.4 is 11.1 Å². The van der Waals surface area contributed by atoms with Gasteiger partial charge in [0.25, 0.3) is 5.91 Å². The molecular formula is C21H29FN4O2. The Labute approximate surface area is 164 Å². The van der Waals surface area contributed by atoms with Gasteiger partial charge in [-0.15, -0.1) is 0 Å². The van der Waals surface area contributed by atoms with Crippen LogP contribution in [0.2, 0.25) is 0 Å². The molecule has 1 aliphatic carbocycles. The molecule has 6 nitrogen and oxygen atoms in total. The number of fused-ring (bicyclic) bond motifs is 1. The number of carbonyl (C=O) groups excluding carboxylic acids is 2. The fourth-order valence-corrected chi connectivity index (χ4v) is 4.02. The highest BCUT2D eigenvalue weighted by molar-refractivity contribution is 6.06. The molecule has 2 aromatic rings. The van der Waals surface area contributed by atoms with E-state index in [1.165, 1.54) is 25.3 Å². The van der Waals surface area contributed by atoms with Gasteiger partial charge in [-0.05, 0) is 30.2 Å². The van der Waals surface area contributed by atoms with E-state index in [-0.39, 0.29) is 5.69 Å². The molecule has 1 fully saturated rings. The Bertz CT molecular complexity index is 878. The van der Waals surface area contributed by atoms with Gasteiger partial charge in [0.1, 0.15) is 17.4 Å². The van der Waals surface area contributed by atoms with Crippen LogP contribution in [0.5, 0.6) is 0 Å². The third-order valence-corrected chi connectivity index (χ3v) is 5.52. The number of para-hydroxylation sites is 1. The third-order valence-electron chi connectivity index (χ3n) is 5.52. The number of halogens is 1. The molecule has 3 rings (SSSR count). The van der Waals surface area contributed by atoms with Gasteiger partial charge < -0.3 is 11.1 Å². The Kier molecular flexibility index (Phi) is 5.72. The van der Waals surface area contributed by atoms with Crippen LogP contribution in [0.3, 0.4) is 0 Å². The van der Waals surface area contributed by atoms with Crippen molar-refractivity contribution in [3.63, 3.8) is 0 Å². The first-order chi connectivity index (χ1) is 13.2. The van der Waals surface area contributed by atoms with Gasteiger partial charge in [-0.3, -0.25) is 14.3 Å². The van der Waals surface area contributed by atoms with Crippen molar-refractivity contribution in [3.8, 4) is 0 Å². The second kappa shape index (κ2) is 7.89. The summed E-state index contributed by atoms with van der Waals surface area (Å²) in [6.45, 7) is 6.05. The van der Waals surface area contributed by atoms with E-state index in [2.05, 4.69) is 10.4 Å². The molecule has 0 spiro atoms. The predicted octanol–water partition coefficient (Wildman–Crippen LogP) is 3.39. The zero-order valence-electron chi connectivity index (χ0n) is 16.8. The summed E-state index contributed by atoms with van der Waals surface area (Å²) >= 11 is 0. The first kappa shape index (κ1) is 20.3. The van der Waals surface area contributed by atoms with Crippen LogP contribution in [-0.2, 0) is 11.3 Å². The van der Waals surface area contributed by atoms with E-state index >= 15 is 0 Å². The summed E-state index contributed by atoms with van der Waals surface area (Å²) in [6.07, 6.45) is 5.76. The molecule has 7 heteroatoms. The molecule has 0 aliphatic heterocycles. The Morgan fingerprint density at radius 3 is 2.57 bits per heavy atom. The van der Waals surface area contributed by atoms with E-state index in [9.17, 15) is 14.0 Å². The van der Waals surface area contributed by atoms with E-state index in [1.807, 2.05) is 20.8 Å². The number of nitrogens with two attached hydrogens (primary N) is 1. The summed E-state index contributed by atoms with van der Waals surface area (Å²) in [6, 6.07) is 3.78. The highest BCUT2D eigenvalue weighted by atomic mass is 19.1. The van der Waals surface area contributed by atoms with Crippen LogP contribution in [0.15, 0.2) is 18.2 Å². The molecule has 1 aromatic heterocycles. The number of rotatable bonds is 5. The van der Waals surface area contributed by atoms with E-state index in [0.29, 0.717) is 23.4 Å². The lowest BCUT2D eigenvalue weighted by Crippen LogP contribution is -2.52. The summed E-state index contributed by atoms with van der Waals surface area (Å²) in [5, 5.41) is 7.59. The first-order valence-electron chi connectivity index (χ1n) is 9.93. The average molecular weight is 388 g/mol. The second-order valence-electron chi connectivity index (χ2n) is 8.85. The van der Waals surface area contributed by atoms with Crippen LogP contribution in [0, 0.1) is 17.2 Å². The molecule has 0 radical (unpaired) electrons. The summed E-state index contributed by atoms with van der Waals surface area (Å²) < 4.78 is 16.2. The average Bonchev–Trinajstić information content (AvgIpc) is 2.99. The Balaban J connectivity index is 1.95. The second-order valence-corrected chi connectivity index (χ2v) is 8.85. The van der Waals surface area contributed by atoms with Crippen molar-refractivity contribution in [2.24, 2.45) is 17.1 Å². The Morgan fingerprint density at radius 2 is 1.96 bits per heavy atom. The lowest BCUT2D eigenvalue weighted by molar-refractivity contribution is -0.122. The zero-order valence-corrected chi connectivity index (χ0v) is 16.8. The third kappa shape index (κ3) is 4.18. The first-order valence-corrected chi connectivity index (χ1v) is 9.93. The summed E-state index contributed by atoms with van der Waals surface area (Å²) in [5.41, 5.74) is 5.39. The van der Waals surface area contributed by atoms with Crippen LogP contribution in [0.4, 0.5) is 4.39 Å². The molecule has 0 saturated heterocycles. The van der Waals surface area contributed by atoms with Crippen molar-refractivity contribution in [1.29, 1.82) is 0 Å². The lowest BCUT2D eigenvalue weighted by Gasteiger charge is -2.28. The summed E-state index contributed by atoms with van der Waals surface area (Å²) in [5.74, 6) is -1.10. The number of hydrogen-bond acceptors (Lipinski definition) is 3. The van der Waals surface area contributed by atoms with Gasteiger partial charge in [0, 0.05) is 11.9 Å². The molecule has 1 saturated carbocycles. The largest absolute Gasteiger partial charge is 0.368 e. The number of nitrogens with zero attached hydrogens (tertiary/aromatic N) is 2. The van der Waals surface area contributed by atoms with Crippen molar-refractivity contribution in [1.82, 2.24) is 15.1 Å². The highest BCUT2D eigenvalue weighted by Gasteiger charge is 2.33. The zero-order chi connectivity index (χ0) is 20.5. The summed E-state index contributed by atoms with van der Waals surface area (Å²) in [4.78, 5) is 24.7. The fraction of sp³-hybridized carbons (Fsp3) is 0.571. The maximum atomic E-state index is 14.6. The minimum Gasteiger partial charge on any atom is -0.368 e. The number of carbonyl (C=O) groups is 2. The van der Waals surface area contributed by atoms with E-state index < -0.39 is 29.1 Å². The molecular weight excluding hydrogens is 359 g/mol. The highest BCUT2D eigenvalue weighted by Crippen LogP contribution is 2.28. The van der Waals surface area contributed by atoms with Gasteiger partial charge in [-0.1, -0.05) is 52.2 Å². The number of benzene rings is 1. The number of amides is 2. The van der Waals surface area contributed by atoms with Crippen LogP contribution in [0.25, 0.3) is 10.9 Å². The van der Waals surface area contributed by atoms with Gasteiger partial charge in [-0.2, -0.15) is 5.10 Å². The van der Waals surface area contributed by atoms with Crippen molar-refractivity contribution >= 4 is 22.7 Å². The minimum absolute atomic E-state index is 0.126. The van der Waals surface area contributed by atoms with Crippen molar-refractivity contribution < 1.29 is 14.0 Å². The van der Waals surface area contributed by atoms with E-state index in [0.717, 1.165) is 12.8 Å². The van der Waals surface area contributed by atoms with Gasteiger partial charge in [0.05, 0.1) is 0 Å². The van der Waals surface area contributed by atoms with Gasteiger partial charge in [0.2, 0.25) is 5.91 Å². The standard InChI is InChI=1S/C21H29FN4O2/c1-21(2,3)18(19(23)27)24-20(28)16-14-10-7-11-15(22)17(14)26(25-16)12-13-8-5-4-6-9-13/h7,10-11,13,18H,4-6,8-9,12H2,1-3H3,(H2,23,27)(H,24,28). The van der Waals surface area contributed by atoms with Crippen molar-refractivity contribution in [2.75, 3.05) is 0 Å². The maximum Gasteiger partial charge on any atom is 0.273 e. The number of hydrogen-bond donors (Lipinski definition) is 2. The maximum absolute atomic E-state index is 14.6. The van der Waals surface area contributed by atoms with Gasteiger partial charge in [-0.25, -0.2) is 4.39 Å². The van der Waals surface area contributed by atoms with Crippen LogP contribution in [-0.4, -0.2) is 27.6 Å². The van der Waals surface area contributed by atoms with E-state index in [1.54, 1.807) is 16.8 Å². The summed E-state index contributed by atoms with van der Waals surface area (Å²) in [7, 11) is 0. The molecule has 1 aromatic carbocycles. The minimum atomic E-state index is -0.855. The molecule has 1 unspecified atom stereocenters. The van der Waals surface area contributed by atoms with E-state index in [4.69, 9.17) is 5.73 Å². The molecule has 28 heavy (non-hydrogen) atoms. The SMILES string of the molecule is CC(C)(C)C(NC(=O)c1nn(CC2CCCCC2)c2c(F)cccc12)C(N)=O. The molecule has 1 heterocycles. The van der Waals surface area contributed by atoms with Crippen LogP contribution >= 0.6 is 0 Å². The predicted molar refractivity (Wildman–Crippen MR) is 106 cm³/mol. The number of primary amides is 1. The number of aromatic nitrogens is 2. The fourth-order valence-electron chi connectivity index (χ4n) is 4.02. The Morgan fingerprint density at radius 1 is 1.29 bits per heavy atom. The number of nitrogens with one attached hydrogen (secondary N) is 1.